The number of benzene rings is 1. The van der Waals surface area contributed by atoms with E-state index in [1.54, 1.807) is 11.6 Å². The van der Waals surface area contributed by atoms with E-state index >= 15 is 8.78 Å². The van der Waals surface area contributed by atoms with Gasteiger partial charge in [0.05, 0.1) is 23.9 Å². The normalized spacial score (nSPS) is 19.1. The molecule has 2 aromatic rings. The molecule has 3 fully saturated rings. The number of carbonyl (C=O) groups excluding carboxylic acids is 2. The van der Waals surface area contributed by atoms with Crippen molar-refractivity contribution in [3.05, 3.63) is 35.5 Å². The number of nitrogens with zero attached hydrogens (tertiary/aromatic N) is 3. The number of hydrogen-bond acceptors (Lipinski definition) is 5. The van der Waals surface area contributed by atoms with E-state index in [2.05, 4.69) is 20.6 Å². The first-order valence-electron chi connectivity index (χ1n) is 15.5. The summed E-state index contributed by atoms with van der Waals surface area (Å²) in [6, 6.07) is 3.63. The van der Waals surface area contributed by atoms with Crippen molar-refractivity contribution in [1.82, 2.24) is 25.3 Å². The van der Waals surface area contributed by atoms with Crippen molar-refractivity contribution in [3.8, 4) is 17.0 Å². The molecule has 0 bridgehead atoms. The number of rotatable bonds is 12. The second-order valence-corrected chi connectivity index (χ2v) is 11.8. The molecule has 10 heteroatoms. The van der Waals surface area contributed by atoms with Crippen molar-refractivity contribution in [2.75, 3.05) is 26.2 Å². The Hall–Kier alpha value is -3.01. The summed E-state index contributed by atoms with van der Waals surface area (Å²) >= 11 is 0. The number of amides is 2. The summed E-state index contributed by atoms with van der Waals surface area (Å²) in [5.41, 5.74) is 0.128. The third kappa shape index (κ3) is 7.45. The third-order valence-corrected chi connectivity index (χ3v) is 8.70. The number of piperidine rings is 1. The highest BCUT2D eigenvalue weighted by Crippen LogP contribution is 2.36. The van der Waals surface area contributed by atoms with Gasteiger partial charge in [-0.2, -0.15) is 5.10 Å². The Morgan fingerprint density at radius 1 is 1.00 bits per heavy atom. The van der Waals surface area contributed by atoms with Crippen LogP contribution in [-0.4, -0.2) is 64.8 Å². The predicted molar refractivity (Wildman–Crippen MR) is 153 cm³/mol. The van der Waals surface area contributed by atoms with Gasteiger partial charge in [0.25, 0.3) is 5.91 Å². The standard InChI is InChI=1S/C31H43F2N5O3/c1-2-41-24-18-25(32)30(26(33)19-24)28-20-27(36-38(28)23-11-4-5-12-23)31(40)35-22(13-16-37-14-6-3-7-15-37)17-29(39)34-21-9-8-10-21/h18-23H,2-17H2,1H3,(H,34,39)(H,35,40)/t22-/m0/s1. The van der Waals surface area contributed by atoms with E-state index in [9.17, 15) is 9.59 Å². The van der Waals surface area contributed by atoms with E-state index in [0.717, 1.165) is 64.6 Å². The molecule has 224 valence electrons. The van der Waals surface area contributed by atoms with Gasteiger partial charge < -0.3 is 20.3 Å². The van der Waals surface area contributed by atoms with Gasteiger partial charge >= 0.3 is 0 Å². The second-order valence-electron chi connectivity index (χ2n) is 11.8. The van der Waals surface area contributed by atoms with Crippen molar-refractivity contribution >= 4 is 11.8 Å². The quantitative estimate of drug-likeness (QED) is 0.357. The van der Waals surface area contributed by atoms with Crippen molar-refractivity contribution in [2.45, 2.75) is 102 Å². The average molecular weight is 572 g/mol. The molecule has 1 aromatic heterocycles. The van der Waals surface area contributed by atoms with Gasteiger partial charge in [-0.25, -0.2) is 8.78 Å². The van der Waals surface area contributed by atoms with Crippen LogP contribution in [0.25, 0.3) is 11.3 Å². The molecule has 2 saturated carbocycles. The Balaban J connectivity index is 1.36. The molecule has 1 atom stereocenters. The van der Waals surface area contributed by atoms with Gasteiger partial charge in [0, 0.05) is 37.2 Å². The predicted octanol–water partition coefficient (Wildman–Crippen LogP) is 5.38. The SMILES string of the molecule is CCOc1cc(F)c(-c2cc(C(=O)N[C@@H](CCN3CCCCC3)CC(=O)NC3CCC3)nn2C2CCCC2)c(F)c1. The number of likely N-dealkylation sites (tertiary alicyclic amines) is 1. The topological polar surface area (TPSA) is 88.5 Å². The lowest BCUT2D eigenvalue weighted by Gasteiger charge is -2.29. The fraction of sp³-hybridized carbons (Fsp3) is 0.645. The maximum Gasteiger partial charge on any atom is 0.272 e. The summed E-state index contributed by atoms with van der Waals surface area (Å²) in [6.07, 6.45) is 11.2. The first kappa shape index (κ1) is 29.5. The van der Waals surface area contributed by atoms with Crippen molar-refractivity contribution in [2.24, 2.45) is 0 Å². The van der Waals surface area contributed by atoms with E-state index in [0.29, 0.717) is 13.0 Å². The minimum absolute atomic E-state index is 0.0416. The summed E-state index contributed by atoms with van der Waals surface area (Å²) in [7, 11) is 0. The lowest BCUT2D eigenvalue weighted by molar-refractivity contribution is -0.122. The van der Waals surface area contributed by atoms with Crippen LogP contribution < -0.4 is 15.4 Å². The molecular formula is C31H43F2N5O3. The molecule has 5 rings (SSSR count). The Morgan fingerprint density at radius 3 is 2.34 bits per heavy atom. The molecule has 0 spiro atoms. The molecule has 2 amide bonds. The van der Waals surface area contributed by atoms with Crippen LogP contribution in [0.4, 0.5) is 8.78 Å². The maximum absolute atomic E-state index is 15.3. The highest BCUT2D eigenvalue weighted by molar-refractivity contribution is 5.94. The Labute approximate surface area is 241 Å². The van der Waals surface area contributed by atoms with Gasteiger partial charge in [0.2, 0.25) is 5.91 Å². The lowest BCUT2D eigenvalue weighted by atomic mass is 9.93. The van der Waals surface area contributed by atoms with Gasteiger partial charge in [-0.15, -0.1) is 0 Å². The number of aromatic nitrogens is 2. The monoisotopic (exact) mass is 571 g/mol. The number of nitrogens with one attached hydrogen (secondary N) is 2. The van der Waals surface area contributed by atoms with E-state index < -0.39 is 17.5 Å². The van der Waals surface area contributed by atoms with Crippen LogP contribution in [0, 0.1) is 11.6 Å². The Bertz CT molecular complexity index is 1180. The fourth-order valence-electron chi connectivity index (χ4n) is 6.23. The largest absolute Gasteiger partial charge is 0.494 e. The average Bonchev–Trinajstić information content (AvgIpc) is 3.60. The molecule has 8 nitrogen and oxygen atoms in total. The zero-order valence-electron chi connectivity index (χ0n) is 24.1. The number of ether oxygens (including phenoxy) is 1. The van der Waals surface area contributed by atoms with Gasteiger partial charge in [0.15, 0.2) is 5.69 Å². The molecule has 1 aliphatic heterocycles. The van der Waals surface area contributed by atoms with Gasteiger partial charge in [-0.05, 0) is 77.4 Å². The van der Waals surface area contributed by atoms with Gasteiger partial charge in [0.1, 0.15) is 17.4 Å². The molecule has 41 heavy (non-hydrogen) atoms. The number of carbonyl (C=O) groups is 2. The van der Waals surface area contributed by atoms with Crippen LogP contribution in [0.5, 0.6) is 5.75 Å². The van der Waals surface area contributed by atoms with Gasteiger partial charge in [-0.3, -0.25) is 14.3 Å². The minimum atomic E-state index is -0.758. The maximum atomic E-state index is 15.3. The van der Waals surface area contributed by atoms with Crippen LogP contribution in [-0.2, 0) is 4.79 Å². The zero-order chi connectivity index (χ0) is 28.8. The summed E-state index contributed by atoms with van der Waals surface area (Å²) in [5.74, 6) is -1.89. The molecule has 2 aliphatic carbocycles. The fourth-order valence-corrected chi connectivity index (χ4v) is 6.23. The summed E-state index contributed by atoms with van der Waals surface area (Å²) < 4.78 is 37.4. The molecule has 3 aliphatic rings. The minimum Gasteiger partial charge on any atom is -0.494 e. The Morgan fingerprint density at radius 2 is 1.71 bits per heavy atom. The van der Waals surface area contributed by atoms with Crippen LogP contribution >= 0.6 is 0 Å². The second kappa shape index (κ2) is 13.8. The first-order valence-corrected chi connectivity index (χ1v) is 15.5. The molecule has 0 unspecified atom stereocenters. The van der Waals surface area contributed by atoms with Gasteiger partial charge in [-0.1, -0.05) is 19.3 Å². The van der Waals surface area contributed by atoms with E-state index in [-0.39, 0.29) is 53.2 Å². The highest BCUT2D eigenvalue weighted by atomic mass is 19.1. The summed E-state index contributed by atoms with van der Waals surface area (Å²) in [5, 5.41) is 10.7. The van der Waals surface area contributed by atoms with Crippen molar-refractivity contribution in [1.29, 1.82) is 0 Å². The lowest BCUT2D eigenvalue weighted by Crippen LogP contribution is -2.45. The highest BCUT2D eigenvalue weighted by Gasteiger charge is 2.29. The van der Waals surface area contributed by atoms with E-state index in [1.807, 2.05) is 0 Å². The number of halogens is 2. The molecule has 1 aromatic carbocycles. The summed E-state index contributed by atoms with van der Waals surface area (Å²) in [6.45, 7) is 4.90. The third-order valence-electron chi connectivity index (χ3n) is 8.70. The molecule has 1 saturated heterocycles. The first-order chi connectivity index (χ1) is 19.9. The molecular weight excluding hydrogens is 528 g/mol. The molecule has 2 N–H and O–H groups in total. The molecule has 0 radical (unpaired) electrons. The van der Waals surface area contributed by atoms with Crippen LogP contribution in [0.3, 0.4) is 0 Å². The van der Waals surface area contributed by atoms with E-state index in [1.165, 1.54) is 37.5 Å². The van der Waals surface area contributed by atoms with Crippen LogP contribution in [0.2, 0.25) is 0 Å². The van der Waals surface area contributed by atoms with Crippen LogP contribution in [0.1, 0.15) is 101 Å². The van der Waals surface area contributed by atoms with E-state index in [4.69, 9.17) is 4.74 Å². The Kier molecular flexibility index (Phi) is 9.90. The summed E-state index contributed by atoms with van der Waals surface area (Å²) in [4.78, 5) is 28.7. The smallest absolute Gasteiger partial charge is 0.272 e. The van der Waals surface area contributed by atoms with Crippen molar-refractivity contribution < 1.29 is 23.1 Å². The number of hydrogen-bond donors (Lipinski definition) is 2. The van der Waals surface area contributed by atoms with Crippen molar-refractivity contribution in [3.63, 3.8) is 0 Å². The molecule has 2 heterocycles. The van der Waals surface area contributed by atoms with Crippen LogP contribution in [0.15, 0.2) is 18.2 Å². The zero-order valence-corrected chi connectivity index (χ0v) is 24.1.